The van der Waals surface area contributed by atoms with Gasteiger partial charge in [-0.15, -0.1) is 0 Å². The summed E-state index contributed by atoms with van der Waals surface area (Å²) in [6.45, 7) is 0.392. The van der Waals surface area contributed by atoms with Crippen LogP contribution in [0, 0.1) is 0 Å². The molecule has 92 valence electrons. The summed E-state index contributed by atoms with van der Waals surface area (Å²) < 4.78 is 10.4. The molecular formula is C13H13BO4. The average molecular weight is 244 g/mol. The molecule has 0 spiro atoms. The molecule has 0 heterocycles. The fraction of sp³-hybridized carbons (Fsp3) is 0.0769. The Morgan fingerprint density at radius 1 is 0.833 bits per heavy atom. The average Bonchev–Trinajstić information content (AvgIpc) is 2.38. The highest BCUT2D eigenvalue weighted by atomic mass is 16.6. The molecule has 0 unspecified atom stereocenters. The zero-order chi connectivity index (χ0) is 12.8. The molecular weight excluding hydrogens is 231 g/mol. The minimum absolute atomic E-state index is 0.295. The van der Waals surface area contributed by atoms with Crippen molar-refractivity contribution in [1.82, 2.24) is 0 Å². The van der Waals surface area contributed by atoms with Gasteiger partial charge >= 0.3 is 7.32 Å². The van der Waals surface area contributed by atoms with Gasteiger partial charge in [0.2, 0.25) is 0 Å². The van der Waals surface area contributed by atoms with Crippen LogP contribution in [-0.4, -0.2) is 17.4 Å². The van der Waals surface area contributed by atoms with Gasteiger partial charge in [0, 0.05) is 0 Å². The van der Waals surface area contributed by atoms with E-state index in [1.54, 1.807) is 24.3 Å². The molecule has 0 saturated carbocycles. The van der Waals surface area contributed by atoms with Crippen LogP contribution in [-0.2, 0) is 6.61 Å². The standard InChI is InChI=1S/C13H13BO4/c15-14(16)18-13-9-5-4-8-12(13)17-10-11-6-2-1-3-7-11/h1-9,15-16H,10H2. The molecule has 0 aromatic heterocycles. The van der Waals surface area contributed by atoms with Gasteiger partial charge in [0.1, 0.15) is 12.4 Å². The molecule has 0 aliphatic rings. The van der Waals surface area contributed by atoms with Crippen LogP contribution in [0.2, 0.25) is 0 Å². The first-order valence-corrected chi connectivity index (χ1v) is 5.54. The van der Waals surface area contributed by atoms with Gasteiger partial charge in [-0.3, -0.25) is 0 Å². The third kappa shape index (κ3) is 3.51. The molecule has 0 saturated heterocycles. The lowest BCUT2D eigenvalue weighted by molar-refractivity contribution is 0.262. The molecule has 0 aliphatic heterocycles. The van der Waals surface area contributed by atoms with Crippen molar-refractivity contribution in [2.45, 2.75) is 6.61 Å². The Morgan fingerprint density at radius 2 is 1.44 bits per heavy atom. The van der Waals surface area contributed by atoms with Crippen molar-refractivity contribution in [2.24, 2.45) is 0 Å². The number of rotatable bonds is 5. The number of benzene rings is 2. The third-order valence-corrected chi connectivity index (χ3v) is 2.32. The lowest BCUT2D eigenvalue weighted by Crippen LogP contribution is -2.20. The molecule has 2 N–H and O–H groups in total. The summed E-state index contributed by atoms with van der Waals surface area (Å²) in [5, 5.41) is 17.6. The fourth-order valence-electron chi connectivity index (χ4n) is 1.52. The molecule has 5 heteroatoms. The number of ether oxygens (including phenoxy) is 1. The van der Waals surface area contributed by atoms with Crippen molar-refractivity contribution < 1.29 is 19.4 Å². The van der Waals surface area contributed by atoms with Crippen molar-refractivity contribution in [1.29, 1.82) is 0 Å². The van der Waals surface area contributed by atoms with Crippen LogP contribution in [0.5, 0.6) is 11.5 Å². The number of hydrogen-bond acceptors (Lipinski definition) is 4. The third-order valence-electron chi connectivity index (χ3n) is 2.32. The van der Waals surface area contributed by atoms with Gasteiger partial charge in [0.05, 0.1) is 0 Å². The number of para-hydroxylation sites is 2. The Morgan fingerprint density at radius 3 is 2.11 bits per heavy atom. The maximum absolute atomic E-state index is 8.79. The molecule has 18 heavy (non-hydrogen) atoms. The van der Waals surface area contributed by atoms with E-state index in [1.165, 1.54) is 0 Å². The SMILES string of the molecule is OB(O)Oc1ccccc1OCc1ccccc1. The summed E-state index contributed by atoms with van der Waals surface area (Å²) in [6, 6.07) is 16.5. The van der Waals surface area contributed by atoms with E-state index in [9.17, 15) is 0 Å². The van der Waals surface area contributed by atoms with E-state index in [-0.39, 0.29) is 0 Å². The molecule has 0 amide bonds. The fourth-order valence-corrected chi connectivity index (χ4v) is 1.52. The highest BCUT2D eigenvalue weighted by Gasteiger charge is 2.14. The van der Waals surface area contributed by atoms with Gasteiger partial charge in [-0.1, -0.05) is 42.5 Å². The normalized spacial score (nSPS) is 9.89. The predicted octanol–water partition coefficient (Wildman–Crippen LogP) is 1.61. The highest BCUT2D eigenvalue weighted by Crippen LogP contribution is 2.27. The van der Waals surface area contributed by atoms with E-state index in [0.717, 1.165) is 5.56 Å². The van der Waals surface area contributed by atoms with E-state index in [4.69, 9.17) is 19.4 Å². The minimum Gasteiger partial charge on any atom is -0.509 e. The van der Waals surface area contributed by atoms with Gasteiger partial charge in [-0.2, -0.15) is 0 Å². The molecule has 2 aromatic rings. The minimum atomic E-state index is -1.86. The van der Waals surface area contributed by atoms with Gasteiger partial charge < -0.3 is 19.4 Å². The molecule has 0 aliphatic carbocycles. The van der Waals surface area contributed by atoms with Crippen LogP contribution in [0.3, 0.4) is 0 Å². The van der Waals surface area contributed by atoms with Crippen LogP contribution in [0.25, 0.3) is 0 Å². The van der Waals surface area contributed by atoms with Crippen molar-refractivity contribution in [2.75, 3.05) is 0 Å². The lowest BCUT2D eigenvalue weighted by Gasteiger charge is -2.12. The van der Waals surface area contributed by atoms with Crippen LogP contribution in [0.1, 0.15) is 5.56 Å². The van der Waals surface area contributed by atoms with Crippen molar-refractivity contribution in [3.05, 3.63) is 60.2 Å². The molecule has 0 radical (unpaired) electrons. The van der Waals surface area contributed by atoms with Crippen molar-refractivity contribution in [3.63, 3.8) is 0 Å². The lowest BCUT2D eigenvalue weighted by atomic mass is 10.2. The van der Waals surface area contributed by atoms with E-state index < -0.39 is 7.32 Å². The molecule has 2 aromatic carbocycles. The topological polar surface area (TPSA) is 58.9 Å². The van der Waals surface area contributed by atoms with Gasteiger partial charge in [-0.25, -0.2) is 0 Å². The van der Waals surface area contributed by atoms with Crippen LogP contribution in [0.15, 0.2) is 54.6 Å². The summed E-state index contributed by atoms with van der Waals surface area (Å²) in [6.07, 6.45) is 0. The van der Waals surface area contributed by atoms with Crippen LogP contribution < -0.4 is 9.39 Å². The summed E-state index contributed by atoms with van der Waals surface area (Å²) in [7, 11) is -1.86. The second-order valence-electron chi connectivity index (χ2n) is 3.67. The largest absolute Gasteiger partial charge is 0.707 e. The maximum Gasteiger partial charge on any atom is 0.707 e. The molecule has 4 nitrogen and oxygen atoms in total. The molecule has 0 atom stereocenters. The smallest absolute Gasteiger partial charge is 0.509 e. The van der Waals surface area contributed by atoms with Crippen molar-refractivity contribution in [3.8, 4) is 11.5 Å². The molecule has 0 fully saturated rings. The Labute approximate surface area is 106 Å². The zero-order valence-electron chi connectivity index (χ0n) is 9.69. The summed E-state index contributed by atoms with van der Waals surface area (Å²) in [4.78, 5) is 0. The Balaban J connectivity index is 2.05. The van der Waals surface area contributed by atoms with E-state index in [1.807, 2.05) is 30.3 Å². The van der Waals surface area contributed by atoms with E-state index in [2.05, 4.69) is 0 Å². The second kappa shape index (κ2) is 6.09. The first kappa shape index (κ1) is 12.5. The molecule has 0 bridgehead atoms. The van der Waals surface area contributed by atoms with Gasteiger partial charge in [0.25, 0.3) is 0 Å². The van der Waals surface area contributed by atoms with Crippen molar-refractivity contribution >= 4 is 7.32 Å². The quantitative estimate of drug-likeness (QED) is 0.784. The predicted molar refractivity (Wildman–Crippen MR) is 68.0 cm³/mol. The summed E-state index contributed by atoms with van der Waals surface area (Å²) >= 11 is 0. The first-order valence-electron chi connectivity index (χ1n) is 5.54. The Kier molecular flexibility index (Phi) is 4.22. The van der Waals surface area contributed by atoms with Gasteiger partial charge in [-0.05, 0) is 17.7 Å². The van der Waals surface area contributed by atoms with E-state index >= 15 is 0 Å². The zero-order valence-corrected chi connectivity index (χ0v) is 9.69. The first-order chi connectivity index (χ1) is 8.75. The second-order valence-corrected chi connectivity index (χ2v) is 3.67. The maximum atomic E-state index is 8.79. The van der Waals surface area contributed by atoms with Crippen LogP contribution >= 0.6 is 0 Å². The van der Waals surface area contributed by atoms with Gasteiger partial charge in [0.15, 0.2) is 5.75 Å². The summed E-state index contributed by atoms with van der Waals surface area (Å²) in [5.74, 6) is 0.762. The van der Waals surface area contributed by atoms with E-state index in [0.29, 0.717) is 18.1 Å². The Hall–Kier alpha value is -1.98. The number of hydrogen-bond donors (Lipinski definition) is 2. The monoisotopic (exact) mass is 244 g/mol. The summed E-state index contributed by atoms with van der Waals surface area (Å²) in [5.41, 5.74) is 1.02. The Bertz CT molecular complexity index is 487. The molecule has 2 rings (SSSR count). The highest BCUT2D eigenvalue weighted by molar-refractivity contribution is 6.33. The van der Waals surface area contributed by atoms with Crippen LogP contribution in [0.4, 0.5) is 0 Å².